The molecule has 9 nitrogen and oxygen atoms in total. The van der Waals surface area contributed by atoms with Gasteiger partial charge in [0.15, 0.2) is 5.54 Å². The van der Waals surface area contributed by atoms with Gasteiger partial charge in [0.05, 0.1) is 12.4 Å². The summed E-state index contributed by atoms with van der Waals surface area (Å²) in [6.07, 6.45) is 9.22. The standard InChI is InChI=1S/C17H20N6O3/c1-12-9-19-23(11-12)17(16(25)26)3-5-21(6-4-17)15(24)13-10-18-22-8-7-20(2)14(13)22/h7-11H,3-6H2,1-2H3,(H,25,26). The fraction of sp³-hybridized carbons (Fsp3) is 0.412. The topological polar surface area (TPSA) is 97.7 Å². The van der Waals surface area contributed by atoms with Gasteiger partial charge < -0.3 is 14.6 Å². The van der Waals surface area contributed by atoms with Gasteiger partial charge in [-0.3, -0.25) is 9.48 Å². The van der Waals surface area contributed by atoms with E-state index in [-0.39, 0.29) is 5.91 Å². The molecule has 1 amide bonds. The van der Waals surface area contributed by atoms with Crippen molar-refractivity contribution in [2.45, 2.75) is 25.3 Å². The van der Waals surface area contributed by atoms with Crippen LogP contribution in [-0.4, -0.2) is 58.9 Å². The normalized spacial score (nSPS) is 16.9. The van der Waals surface area contributed by atoms with Crippen molar-refractivity contribution in [3.05, 3.63) is 42.1 Å². The largest absolute Gasteiger partial charge is 0.479 e. The second kappa shape index (κ2) is 5.72. The highest BCUT2D eigenvalue weighted by Crippen LogP contribution is 2.31. The second-order valence-electron chi connectivity index (χ2n) is 6.83. The number of carboxylic acids is 1. The van der Waals surface area contributed by atoms with Crippen molar-refractivity contribution in [1.82, 2.24) is 28.9 Å². The van der Waals surface area contributed by atoms with Gasteiger partial charge in [0.25, 0.3) is 5.91 Å². The van der Waals surface area contributed by atoms with Crippen LogP contribution in [0.1, 0.15) is 28.8 Å². The average molecular weight is 356 g/mol. The average Bonchev–Trinajstić information content (AvgIpc) is 3.33. The number of fused-ring (bicyclic) bond motifs is 1. The molecule has 0 spiro atoms. The summed E-state index contributed by atoms with van der Waals surface area (Å²) in [6, 6.07) is 0. The Hall–Kier alpha value is -3.10. The molecule has 3 aromatic heterocycles. The number of piperidine rings is 1. The Labute approximate surface area is 149 Å². The first-order valence-electron chi connectivity index (χ1n) is 8.45. The molecule has 1 aliphatic heterocycles. The predicted octanol–water partition coefficient (Wildman–Crippen LogP) is 0.894. The molecule has 0 aliphatic carbocycles. The predicted molar refractivity (Wildman–Crippen MR) is 91.9 cm³/mol. The van der Waals surface area contributed by atoms with E-state index in [9.17, 15) is 14.7 Å². The maximum atomic E-state index is 12.9. The van der Waals surface area contributed by atoms with Crippen molar-refractivity contribution in [2.75, 3.05) is 13.1 Å². The summed E-state index contributed by atoms with van der Waals surface area (Å²) in [4.78, 5) is 26.6. The minimum absolute atomic E-state index is 0.127. The summed E-state index contributed by atoms with van der Waals surface area (Å²) in [5.74, 6) is -1.04. The lowest BCUT2D eigenvalue weighted by Crippen LogP contribution is -2.52. The molecule has 0 radical (unpaired) electrons. The first kappa shape index (κ1) is 16.4. The number of rotatable bonds is 3. The molecule has 0 unspecified atom stereocenters. The van der Waals surface area contributed by atoms with Gasteiger partial charge in [-0.1, -0.05) is 0 Å². The molecular weight excluding hydrogens is 336 g/mol. The zero-order valence-corrected chi connectivity index (χ0v) is 14.7. The molecule has 0 saturated carbocycles. The zero-order valence-electron chi connectivity index (χ0n) is 14.7. The van der Waals surface area contributed by atoms with Gasteiger partial charge in [-0.25, -0.2) is 9.31 Å². The first-order valence-corrected chi connectivity index (χ1v) is 8.45. The van der Waals surface area contributed by atoms with E-state index in [2.05, 4.69) is 10.2 Å². The maximum absolute atomic E-state index is 12.9. The third kappa shape index (κ3) is 2.31. The van der Waals surface area contributed by atoms with Gasteiger partial charge in [-0.05, 0) is 12.5 Å². The lowest BCUT2D eigenvalue weighted by molar-refractivity contribution is -0.150. The summed E-state index contributed by atoms with van der Waals surface area (Å²) in [6.45, 7) is 2.58. The third-order valence-electron chi connectivity index (χ3n) is 5.19. The Balaban J connectivity index is 1.58. The van der Waals surface area contributed by atoms with E-state index in [0.29, 0.717) is 31.5 Å². The van der Waals surface area contributed by atoms with Crippen LogP contribution in [0.3, 0.4) is 0 Å². The molecule has 1 aliphatic rings. The number of nitrogens with zero attached hydrogens (tertiary/aromatic N) is 6. The third-order valence-corrected chi connectivity index (χ3v) is 5.19. The molecule has 0 bridgehead atoms. The van der Waals surface area contributed by atoms with Crippen molar-refractivity contribution in [1.29, 1.82) is 0 Å². The Bertz CT molecular complexity index is 989. The van der Waals surface area contributed by atoms with Gasteiger partial charge in [-0.2, -0.15) is 10.2 Å². The SMILES string of the molecule is Cc1cnn(C2(C(=O)O)CCN(C(=O)c3cnn4ccn(C)c34)CC2)c1. The van der Waals surface area contributed by atoms with Crippen LogP contribution in [-0.2, 0) is 17.4 Å². The maximum Gasteiger partial charge on any atom is 0.331 e. The first-order chi connectivity index (χ1) is 12.4. The number of carbonyl (C=O) groups is 2. The minimum Gasteiger partial charge on any atom is -0.479 e. The van der Waals surface area contributed by atoms with Crippen LogP contribution in [0.5, 0.6) is 0 Å². The van der Waals surface area contributed by atoms with E-state index >= 15 is 0 Å². The number of aromatic nitrogens is 5. The number of amides is 1. The zero-order chi connectivity index (χ0) is 18.5. The van der Waals surface area contributed by atoms with E-state index in [1.807, 2.05) is 24.7 Å². The molecule has 1 fully saturated rings. The number of likely N-dealkylation sites (tertiary alicyclic amines) is 1. The Morgan fingerprint density at radius 1 is 1.15 bits per heavy atom. The van der Waals surface area contributed by atoms with Crippen LogP contribution < -0.4 is 0 Å². The summed E-state index contributed by atoms with van der Waals surface area (Å²) in [7, 11) is 1.86. The molecule has 1 N–H and O–H groups in total. The highest BCUT2D eigenvalue weighted by Gasteiger charge is 2.45. The number of aliphatic carboxylic acids is 1. The van der Waals surface area contributed by atoms with Gasteiger partial charge in [0.1, 0.15) is 11.2 Å². The van der Waals surface area contributed by atoms with E-state index in [1.54, 1.807) is 34.2 Å². The molecule has 0 atom stereocenters. The smallest absolute Gasteiger partial charge is 0.331 e. The number of imidazole rings is 1. The van der Waals surface area contributed by atoms with Gasteiger partial charge in [0, 0.05) is 51.6 Å². The fourth-order valence-corrected chi connectivity index (χ4v) is 3.64. The van der Waals surface area contributed by atoms with Crippen LogP contribution in [0.4, 0.5) is 0 Å². The highest BCUT2D eigenvalue weighted by molar-refractivity contribution is 6.00. The number of aryl methyl sites for hydroxylation is 2. The lowest BCUT2D eigenvalue weighted by Gasteiger charge is -2.38. The number of hydrogen-bond acceptors (Lipinski definition) is 4. The second-order valence-corrected chi connectivity index (χ2v) is 6.83. The van der Waals surface area contributed by atoms with E-state index < -0.39 is 11.5 Å². The van der Waals surface area contributed by atoms with Crippen molar-refractivity contribution < 1.29 is 14.7 Å². The van der Waals surface area contributed by atoms with Gasteiger partial charge >= 0.3 is 5.97 Å². The molecule has 9 heteroatoms. The van der Waals surface area contributed by atoms with Crippen LogP contribution in [0.25, 0.3) is 5.65 Å². The summed E-state index contributed by atoms with van der Waals surface area (Å²) in [5, 5.41) is 18.2. The molecule has 1 saturated heterocycles. The van der Waals surface area contributed by atoms with Crippen LogP contribution >= 0.6 is 0 Å². The van der Waals surface area contributed by atoms with E-state index in [4.69, 9.17) is 0 Å². The van der Waals surface area contributed by atoms with Gasteiger partial charge in [0.2, 0.25) is 0 Å². The quantitative estimate of drug-likeness (QED) is 0.752. The Kier molecular flexibility index (Phi) is 3.60. The van der Waals surface area contributed by atoms with Gasteiger partial charge in [-0.15, -0.1) is 0 Å². The molecule has 4 heterocycles. The summed E-state index contributed by atoms with van der Waals surface area (Å²) in [5.41, 5.74) is 1.06. The van der Waals surface area contributed by atoms with Crippen molar-refractivity contribution in [3.8, 4) is 0 Å². The number of hydrogen-bond donors (Lipinski definition) is 1. The number of carbonyl (C=O) groups excluding carboxylic acids is 1. The highest BCUT2D eigenvalue weighted by atomic mass is 16.4. The van der Waals surface area contributed by atoms with Crippen LogP contribution in [0, 0.1) is 6.92 Å². The Morgan fingerprint density at radius 2 is 1.88 bits per heavy atom. The molecule has 3 aromatic rings. The molecule has 4 rings (SSSR count). The Morgan fingerprint density at radius 3 is 2.50 bits per heavy atom. The van der Waals surface area contributed by atoms with Crippen LogP contribution in [0.15, 0.2) is 31.0 Å². The van der Waals surface area contributed by atoms with Crippen LogP contribution in [0.2, 0.25) is 0 Å². The van der Waals surface area contributed by atoms with Crippen molar-refractivity contribution >= 4 is 17.5 Å². The monoisotopic (exact) mass is 356 g/mol. The van der Waals surface area contributed by atoms with Crippen molar-refractivity contribution in [3.63, 3.8) is 0 Å². The fourth-order valence-electron chi connectivity index (χ4n) is 3.64. The molecule has 26 heavy (non-hydrogen) atoms. The van der Waals surface area contributed by atoms with Crippen molar-refractivity contribution in [2.24, 2.45) is 7.05 Å². The summed E-state index contributed by atoms with van der Waals surface area (Å²) >= 11 is 0. The minimum atomic E-state index is -1.11. The molecular formula is C17H20N6O3. The molecule has 136 valence electrons. The summed E-state index contributed by atoms with van der Waals surface area (Å²) < 4.78 is 5.03. The lowest BCUT2D eigenvalue weighted by atomic mass is 9.87. The number of carboxylic acid groups (broad SMARTS) is 1. The van der Waals surface area contributed by atoms with E-state index in [1.165, 1.54) is 4.68 Å². The van der Waals surface area contributed by atoms with E-state index in [0.717, 1.165) is 11.2 Å². The molecule has 0 aromatic carbocycles.